The van der Waals surface area contributed by atoms with Gasteiger partial charge >= 0.3 is 6.03 Å². The molecule has 30 heavy (non-hydrogen) atoms. The summed E-state index contributed by atoms with van der Waals surface area (Å²) >= 11 is 1.44. The van der Waals surface area contributed by atoms with Crippen molar-refractivity contribution in [2.75, 3.05) is 24.5 Å². The van der Waals surface area contributed by atoms with Gasteiger partial charge in [-0.1, -0.05) is 60.2 Å². The Balaban J connectivity index is 1.31. The van der Waals surface area contributed by atoms with E-state index < -0.39 is 0 Å². The quantitative estimate of drug-likeness (QED) is 0.680. The second kappa shape index (κ2) is 9.26. The third-order valence-electron chi connectivity index (χ3n) is 5.39. The van der Waals surface area contributed by atoms with Crippen LogP contribution in [0, 0.1) is 6.92 Å². The zero-order valence-corrected chi connectivity index (χ0v) is 18.2. The third kappa shape index (κ3) is 4.97. The van der Waals surface area contributed by atoms with E-state index >= 15 is 0 Å². The summed E-state index contributed by atoms with van der Waals surface area (Å²) in [5.74, 6) is 0.856. The summed E-state index contributed by atoms with van der Waals surface area (Å²) in [5.41, 5.74) is 3.58. The number of hydrogen-bond acceptors (Lipinski definition) is 5. The zero-order valence-electron chi connectivity index (χ0n) is 17.4. The lowest BCUT2D eigenvalue weighted by atomic mass is 10.1. The molecule has 156 valence electrons. The first-order chi connectivity index (χ1) is 14.6. The first-order valence-corrected chi connectivity index (χ1v) is 11.1. The van der Waals surface area contributed by atoms with Gasteiger partial charge < -0.3 is 15.1 Å². The molecule has 3 aromatic rings. The lowest BCUT2D eigenvalue weighted by Gasteiger charge is -2.39. The minimum absolute atomic E-state index is 0.0108. The van der Waals surface area contributed by atoms with Gasteiger partial charge in [-0.15, -0.1) is 0 Å². The van der Waals surface area contributed by atoms with Gasteiger partial charge in [0.15, 0.2) is 0 Å². The summed E-state index contributed by atoms with van der Waals surface area (Å²) in [6.45, 7) is 6.93. The number of aromatic nitrogens is 2. The molecule has 2 aromatic carbocycles. The number of benzene rings is 2. The molecule has 0 radical (unpaired) electrons. The van der Waals surface area contributed by atoms with E-state index in [9.17, 15) is 4.79 Å². The molecule has 6 nitrogen and oxygen atoms in total. The zero-order chi connectivity index (χ0) is 20.9. The molecular formula is C23H27N5OS. The van der Waals surface area contributed by atoms with Gasteiger partial charge in [0.05, 0.1) is 0 Å². The van der Waals surface area contributed by atoms with E-state index in [2.05, 4.69) is 52.7 Å². The number of aryl methyl sites for hydroxylation is 1. The van der Waals surface area contributed by atoms with Gasteiger partial charge in [0.1, 0.15) is 5.82 Å². The van der Waals surface area contributed by atoms with Gasteiger partial charge in [-0.2, -0.15) is 4.37 Å². The van der Waals surface area contributed by atoms with Crippen molar-refractivity contribution in [3.05, 3.63) is 77.1 Å². The molecule has 4 rings (SSSR count). The fraction of sp³-hybridized carbons (Fsp3) is 0.348. The van der Waals surface area contributed by atoms with Crippen LogP contribution in [0.4, 0.5) is 9.93 Å². The molecule has 7 heteroatoms. The predicted molar refractivity (Wildman–Crippen MR) is 121 cm³/mol. The van der Waals surface area contributed by atoms with E-state index in [1.165, 1.54) is 22.7 Å². The smallest absolute Gasteiger partial charge is 0.318 e. The van der Waals surface area contributed by atoms with E-state index in [1.54, 1.807) is 0 Å². The van der Waals surface area contributed by atoms with Crippen LogP contribution < -0.4 is 10.2 Å². The number of hydrogen-bond donors (Lipinski definition) is 1. The number of carbonyl (C=O) groups is 1. The maximum atomic E-state index is 12.6. The minimum Gasteiger partial charge on any atom is -0.343 e. The number of nitrogens with zero attached hydrogens (tertiary/aromatic N) is 4. The highest BCUT2D eigenvalue weighted by Crippen LogP contribution is 2.22. The molecule has 0 unspecified atom stereocenters. The molecule has 2 amide bonds. The van der Waals surface area contributed by atoms with Crippen LogP contribution in [0.15, 0.2) is 54.6 Å². The Labute approximate surface area is 181 Å². The maximum absolute atomic E-state index is 12.6. The number of amides is 2. The van der Waals surface area contributed by atoms with Crippen molar-refractivity contribution in [1.29, 1.82) is 0 Å². The van der Waals surface area contributed by atoms with Crippen LogP contribution in [0.2, 0.25) is 0 Å². The van der Waals surface area contributed by atoms with Crippen molar-refractivity contribution < 1.29 is 4.79 Å². The van der Waals surface area contributed by atoms with Crippen LogP contribution in [-0.2, 0) is 13.0 Å². The van der Waals surface area contributed by atoms with E-state index in [1.807, 2.05) is 35.2 Å². The van der Waals surface area contributed by atoms with E-state index in [0.717, 1.165) is 36.0 Å². The molecule has 1 atom stereocenters. The molecule has 0 spiro atoms. The van der Waals surface area contributed by atoms with Crippen LogP contribution in [0.5, 0.6) is 0 Å². The van der Waals surface area contributed by atoms with Gasteiger partial charge in [0.25, 0.3) is 0 Å². The number of piperazine rings is 1. The first-order valence-electron chi connectivity index (χ1n) is 10.3. The number of urea groups is 1. The second-order valence-corrected chi connectivity index (χ2v) is 8.52. The molecule has 1 fully saturated rings. The van der Waals surface area contributed by atoms with Gasteiger partial charge in [-0.25, -0.2) is 9.78 Å². The lowest BCUT2D eigenvalue weighted by Crippen LogP contribution is -2.56. The second-order valence-electron chi connectivity index (χ2n) is 7.79. The topological polar surface area (TPSA) is 61.4 Å². The molecule has 1 aromatic heterocycles. The summed E-state index contributed by atoms with van der Waals surface area (Å²) in [5, 5.41) is 3.97. The SMILES string of the molecule is Cc1ccc(Cc2nsc(N3CCN(C(=O)NCc4ccccc4)[C@@H](C)C3)n2)cc1. The summed E-state index contributed by atoms with van der Waals surface area (Å²) in [7, 11) is 0. The Hall–Kier alpha value is -2.93. The van der Waals surface area contributed by atoms with Crippen molar-refractivity contribution in [3.63, 3.8) is 0 Å². The minimum atomic E-state index is -0.0108. The maximum Gasteiger partial charge on any atom is 0.318 e. The molecular weight excluding hydrogens is 394 g/mol. The van der Waals surface area contributed by atoms with Crippen LogP contribution in [0.25, 0.3) is 0 Å². The van der Waals surface area contributed by atoms with Gasteiger partial charge in [0.2, 0.25) is 5.13 Å². The van der Waals surface area contributed by atoms with Gasteiger partial charge in [-0.3, -0.25) is 0 Å². The van der Waals surface area contributed by atoms with Crippen molar-refractivity contribution in [2.45, 2.75) is 32.9 Å². The largest absolute Gasteiger partial charge is 0.343 e. The molecule has 0 bridgehead atoms. The average molecular weight is 422 g/mol. The molecule has 1 saturated heterocycles. The van der Waals surface area contributed by atoms with Crippen molar-refractivity contribution in [2.24, 2.45) is 0 Å². The Morgan fingerprint density at radius 1 is 1.10 bits per heavy atom. The lowest BCUT2D eigenvalue weighted by molar-refractivity contribution is 0.171. The fourth-order valence-corrected chi connectivity index (χ4v) is 4.36. The van der Waals surface area contributed by atoms with Crippen LogP contribution in [0.3, 0.4) is 0 Å². The molecule has 1 N–H and O–H groups in total. The number of carbonyl (C=O) groups excluding carboxylic acids is 1. The Morgan fingerprint density at radius 2 is 1.87 bits per heavy atom. The van der Waals surface area contributed by atoms with E-state index in [4.69, 9.17) is 4.98 Å². The number of nitrogens with one attached hydrogen (secondary N) is 1. The standard InChI is InChI=1S/C23H27N5OS/c1-17-8-10-19(11-9-17)14-21-25-23(30-26-21)27-12-13-28(18(2)16-27)22(29)24-15-20-6-4-3-5-7-20/h3-11,18H,12-16H2,1-2H3,(H,24,29)/t18-/m0/s1. The summed E-state index contributed by atoms with van der Waals surface area (Å²) < 4.78 is 4.55. The Kier molecular flexibility index (Phi) is 6.28. The molecule has 0 saturated carbocycles. The number of anilines is 1. The van der Waals surface area contributed by atoms with E-state index in [0.29, 0.717) is 13.1 Å². The summed E-state index contributed by atoms with van der Waals surface area (Å²) in [6, 6.07) is 18.6. The predicted octanol–water partition coefficient (Wildman–Crippen LogP) is 3.86. The molecule has 1 aliphatic rings. The first kappa shape index (κ1) is 20.3. The Bertz CT molecular complexity index is 973. The van der Waals surface area contributed by atoms with Crippen LogP contribution in [-0.4, -0.2) is 46.0 Å². The third-order valence-corrected chi connectivity index (χ3v) is 6.20. The van der Waals surface area contributed by atoms with Gasteiger partial charge in [-0.05, 0) is 25.0 Å². The van der Waals surface area contributed by atoms with Crippen molar-refractivity contribution >= 4 is 22.7 Å². The van der Waals surface area contributed by atoms with Crippen molar-refractivity contribution in [3.8, 4) is 0 Å². The summed E-state index contributed by atoms with van der Waals surface area (Å²) in [4.78, 5) is 21.5. The van der Waals surface area contributed by atoms with E-state index in [-0.39, 0.29) is 12.1 Å². The Morgan fingerprint density at radius 3 is 2.60 bits per heavy atom. The highest BCUT2D eigenvalue weighted by molar-refractivity contribution is 7.09. The highest BCUT2D eigenvalue weighted by atomic mass is 32.1. The molecule has 0 aliphatic carbocycles. The van der Waals surface area contributed by atoms with Crippen LogP contribution >= 0.6 is 11.5 Å². The fourth-order valence-electron chi connectivity index (χ4n) is 3.64. The van der Waals surface area contributed by atoms with Gasteiger partial charge in [0, 0.05) is 50.2 Å². The normalized spacial score (nSPS) is 16.5. The summed E-state index contributed by atoms with van der Waals surface area (Å²) in [6.07, 6.45) is 0.744. The molecule has 2 heterocycles. The van der Waals surface area contributed by atoms with Crippen LogP contribution in [0.1, 0.15) is 29.4 Å². The number of rotatable bonds is 5. The average Bonchev–Trinajstić information content (AvgIpc) is 3.23. The monoisotopic (exact) mass is 421 g/mol. The molecule has 1 aliphatic heterocycles. The highest BCUT2D eigenvalue weighted by Gasteiger charge is 2.28. The van der Waals surface area contributed by atoms with Crippen molar-refractivity contribution in [1.82, 2.24) is 19.6 Å².